The van der Waals surface area contributed by atoms with Gasteiger partial charge in [-0.1, -0.05) is 30.3 Å². The molecular formula is C18H13N3O3. The van der Waals surface area contributed by atoms with Crippen molar-refractivity contribution >= 4 is 11.6 Å². The van der Waals surface area contributed by atoms with E-state index in [4.69, 9.17) is 9.47 Å². The zero-order valence-electron chi connectivity index (χ0n) is 12.6. The van der Waals surface area contributed by atoms with E-state index >= 15 is 0 Å². The Kier molecular flexibility index (Phi) is 3.55. The molecule has 4 rings (SSSR count). The molecule has 1 aromatic heterocycles. The van der Waals surface area contributed by atoms with E-state index in [2.05, 4.69) is 15.3 Å². The Morgan fingerprint density at radius 1 is 0.958 bits per heavy atom. The first-order valence-electron chi connectivity index (χ1n) is 7.38. The van der Waals surface area contributed by atoms with Gasteiger partial charge in [-0.25, -0.2) is 9.97 Å². The van der Waals surface area contributed by atoms with Crippen LogP contribution in [0.15, 0.2) is 60.9 Å². The van der Waals surface area contributed by atoms with Gasteiger partial charge in [-0.2, -0.15) is 0 Å². The van der Waals surface area contributed by atoms with E-state index in [0.29, 0.717) is 28.6 Å². The van der Waals surface area contributed by atoms with Crippen LogP contribution in [0.1, 0.15) is 10.4 Å². The van der Waals surface area contributed by atoms with Crippen LogP contribution in [0, 0.1) is 0 Å². The van der Waals surface area contributed by atoms with Gasteiger partial charge in [0.1, 0.15) is 0 Å². The molecule has 0 fully saturated rings. The second-order valence-electron chi connectivity index (χ2n) is 5.18. The number of ether oxygens (including phenoxy) is 2. The van der Waals surface area contributed by atoms with Crippen LogP contribution < -0.4 is 14.8 Å². The standard InChI is InChI=1S/C18H13N3O3/c22-18(13-6-7-15-16(8-13)24-11-23-15)21-14-9-19-17(20-10-14)12-4-2-1-3-5-12/h1-10H,11H2,(H,21,22). The van der Waals surface area contributed by atoms with Crippen LogP contribution in [0.5, 0.6) is 11.5 Å². The van der Waals surface area contributed by atoms with Crippen molar-refractivity contribution in [3.8, 4) is 22.9 Å². The van der Waals surface area contributed by atoms with Crippen LogP contribution in [0.4, 0.5) is 5.69 Å². The molecule has 1 N–H and O–H groups in total. The number of amides is 1. The number of aromatic nitrogens is 2. The van der Waals surface area contributed by atoms with Gasteiger partial charge in [-0.3, -0.25) is 4.79 Å². The van der Waals surface area contributed by atoms with E-state index < -0.39 is 0 Å². The average Bonchev–Trinajstić information content (AvgIpc) is 3.11. The third-order valence-corrected chi connectivity index (χ3v) is 3.58. The molecule has 1 aliphatic rings. The van der Waals surface area contributed by atoms with Gasteiger partial charge < -0.3 is 14.8 Å². The van der Waals surface area contributed by atoms with Gasteiger partial charge in [0.15, 0.2) is 17.3 Å². The Hall–Kier alpha value is -3.41. The molecule has 6 nitrogen and oxygen atoms in total. The van der Waals surface area contributed by atoms with Crippen molar-refractivity contribution in [2.24, 2.45) is 0 Å². The topological polar surface area (TPSA) is 73.3 Å². The monoisotopic (exact) mass is 319 g/mol. The number of carbonyl (C=O) groups is 1. The fourth-order valence-corrected chi connectivity index (χ4v) is 2.37. The molecule has 2 heterocycles. The van der Waals surface area contributed by atoms with Gasteiger partial charge in [0.05, 0.1) is 18.1 Å². The van der Waals surface area contributed by atoms with E-state index in [1.165, 1.54) is 0 Å². The maximum Gasteiger partial charge on any atom is 0.255 e. The number of fused-ring (bicyclic) bond motifs is 1. The van der Waals surface area contributed by atoms with Gasteiger partial charge in [-0.05, 0) is 18.2 Å². The molecule has 118 valence electrons. The highest BCUT2D eigenvalue weighted by Crippen LogP contribution is 2.32. The quantitative estimate of drug-likeness (QED) is 0.803. The van der Waals surface area contributed by atoms with Gasteiger partial charge in [0.25, 0.3) is 5.91 Å². The molecule has 2 aromatic carbocycles. The Morgan fingerprint density at radius 2 is 1.71 bits per heavy atom. The summed E-state index contributed by atoms with van der Waals surface area (Å²) in [4.78, 5) is 20.9. The number of nitrogens with one attached hydrogen (secondary N) is 1. The Labute approximate surface area is 138 Å². The molecule has 0 saturated carbocycles. The Balaban J connectivity index is 1.50. The molecule has 0 aliphatic carbocycles. The lowest BCUT2D eigenvalue weighted by Gasteiger charge is -2.06. The summed E-state index contributed by atoms with van der Waals surface area (Å²) in [5.41, 5.74) is 1.93. The van der Waals surface area contributed by atoms with Gasteiger partial charge in [-0.15, -0.1) is 0 Å². The molecular weight excluding hydrogens is 306 g/mol. The zero-order chi connectivity index (χ0) is 16.4. The molecule has 6 heteroatoms. The fraction of sp³-hybridized carbons (Fsp3) is 0.0556. The predicted octanol–water partition coefficient (Wildman–Crippen LogP) is 3.12. The summed E-state index contributed by atoms with van der Waals surface area (Å²) in [6.45, 7) is 0.176. The molecule has 0 spiro atoms. The van der Waals surface area contributed by atoms with Crippen molar-refractivity contribution in [2.45, 2.75) is 0 Å². The molecule has 3 aromatic rings. The third kappa shape index (κ3) is 2.77. The summed E-state index contributed by atoms with van der Waals surface area (Å²) >= 11 is 0. The summed E-state index contributed by atoms with van der Waals surface area (Å²) in [5.74, 6) is 1.56. The smallest absolute Gasteiger partial charge is 0.255 e. The molecule has 0 unspecified atom stereocenters. The van der Waals surface area contributed by atoms with Crippen molar-refractivity contribution in [1.82, 2.24) is 9.97 Å². The maximum absolute atomic E-state index is 12.3. The average molecular weight is 319 g/mol. The minimum Gasteiger partial charge on any atom is -0.454 e. The highest BCUT2D eigenvalue weighted by atomic mass is 16.7. The van der Waals surface area contributed by atoms with Crippen molar-refractivity contribution in [3.63, 3.8) is 0 Å². The van der Waals surface area contributed by atoms with Crippen LogP contribution in [0.3, 0.4) is 0 Å². The zero-order valence-corrected chi connectivity index (χ0v) is 12.6. The second kappa shape index (κ2) is 6.00. The van der Waals surface area contributed by atoms with Crippen molar-refractivity contribution in [1.29, 1.82) is 0 Å². The Morgan fingerprint density at radius 3 is 2.50 bits per heavy atom. The van der Waals surface area contributed by atoms with Crippen molar-refractivity contribution in [3.05, 3.63) is 66.5 Å². The van der Waals surface area contributed by atoms with Crippen LogP contribution in [-0.4, -0.2) is 22.7 Å². The maximum atomic E-state index is 12.3. The molecule has 1 aliphatic heterocycles. The SMILES string of the molecule is O=C(Nc1cnc(-c2ccccc2)nc1)c1ccc2c(c1)OCO2. The summed E-state index contributed by atoms with van der Waals surface area (Å²) < 4.78 is 10.5. The molecule has 0 radical (unpaired) electrons. The van der Waals surface area contributed by atoms with E-state index in [1.807, 2.05) is 30.3 Å². The van der Waals surface area contributed by atoms with Crippen LogP contribution in [0.25, 0.3) is 11.4 Å². The molecule has 24 heavy (non-hydrogen) atoms. The first-order valence-corrected chi connectivity index (χ1v) is 7.38. The van der Waals surface area contributed by atoms with Gasteiger partial charge in [0, 0.05) is 11.1 Å². The first kappa shape index (κ1) is 14.2. The second-order valence-corrected chi connectivity index (χ2v) is 5.18. The fourth-order valence-electron chi connectivity index (χ4n) is 2.37. The normalized spacial score (nSPS) is 12.0. The number of rotatable bonds is 3. The Bertz CT molecular complexity index is 880. The molecule has 0 bridgehead atoms. The van der Waals surface area contributed by atoms with Crippen LogP contribution >= 0.6 is 0 Å². The number of anilines is 1. The summed E-state index contributed by atoms with van der Waals surface area (Å²) in [7, 11) is 0. The van der Waals surface area contributed by atoms with E-state index in [9.17, 15) is 4.79 Å². The first-order chi connectivity index (χ1) is 11.8. The predicted molar refractivity (Wildman–Crippen MR) is 88.0 cm³/mol. The van der Waals surface area contributed by atoms with E-state index in [1.54, 1.807) is 30.6 Å². The number of nitrogens with zero attached hydrogens (tertiary/aromatic N) is 2. The van der Waals surface area contributed by atoms with Crippen LogP contribution in [0.2, 0.25) is 0 Å². The summed E-state index contributed by atoms with van der Waals surface area (Å²) in [6.07, 6.45) is 3.17. The largest absolute Gasteiger partial charge is 0.454 e. The van der Waals surface area contributed by atoms with E-state index in [0.717, 1.165) is 5.56 Å². The minimum absolute atomic E-state index is 0.176. The lowest BCUT2D eigenvalue weighted by molar-refractivity contribution is 0.102. The lowest BCUT2D eigenvalue weighted by atomic mass is 10.2. The highest BCUT2D eigenvalue weighted by molar-refractivity contribution is 6.04. The lowest BCUT2D eigenvalue weighted by Crippen LogP contribution is -2.12. The van der Waals surface area contributed by atoms with Crippen molar-refractivity contribution in [2.75, 3.05) is 12.1 Å². The van der Waals surface area contributed by atoms with E-state index in [-0.39, 0.29) is 12.7 Å². The van der Waals surface area contributed by atoms with Gasteiger partial charge >= 0.3 is 0 Å². The number of hydrogen-bond donors (Lipinski definition) is 1. The summed E-state index contributed by atoms with van der Waals surface area (Å²) in [5, 5.41) is 2.77. The molecule has 0 atom stereocenters. The van der Waals surface area contributed by atoms with Crippen molar-refractivity contribution < 1.29 is 14.3 Å². The third-order valence-electron chi connectivity index (χ3n) is 3.58. The number of carbonyl (C=O) groups excluding carboxylic acids is 1. The minimum atomic E-state index is -0.260. The summed E-state index contributed by atoms with van der Waals surface area (Å²) in [6, 6.07) is 14.7. The molecule has 1 amide bonds. The van der Waals surface area contributed by atoms with Crippen LogP contribution in [-0.2, 0) is 0 Å². The molecule has 0 saturated heterocycles. The number of benzene rings is 2. The van der Waals surface area contributed by atoms with Gasteiger partial charge in [0.2, 0.25) is 6.79 Å². The highest BCUT2D eigenvalue weighted by Gasteiger charge is 2.16. The number of hydrogen-bond acceptors (Lipinski definition) is 5.